The van der Waals surface area contributed by atoms with Crippen molar-refractivity contribution in [3.05, 3.63) is 0 Å². The fourth-order valence-electron chi connectivity index (χ4n) is 3.18. The summed E-state index contributed by atoms with van der Waals surface area (Å²) in [5.74, 6) is 0. The van der Waals surface area contributed by atoms with Crippen LogP contribution in [0.25, 0.3) is 0 Å². The standard InChI is InChI=1S/C15H31NO/c1-6-13(16-7-2)15(17-8-3)11-9-14(4,5)10-12-15/h13,16H,6-12H2,1-5H3. The third kappa shape index (κ3) is 3.69. The van der Waals surface area contributed by atoms with Gasteiger partial charge < -0.3 is 10.1 Å². The maximum absolute atomic E-state index is 6.21. The third-order valence-electron chi connectivity index (χ3n) is 4.38. The predicted octanol–water partition coefficient (Wildman–Crippen LogP) is 3.75. The van der Waals surface area contributed by atoms with E-state index in [9.17, 15) is 0 Å². The molecule has 0 amide bonds. The van der Waals surface area contributed by atoms with E-state index < -0.39 is 0 Å². The van der Waals surface area contributed by atoms with E-state index in [1.807, 2.05) is 0 Å². The summed E-state index contributed by atoms with van der Waals surface area (Å²) in [6.07, 6.45) is 6.15. The predicted molar refractivity (Wildman–Crippen MR) is 74.4 cm³/mol. The lowest BCUT2D eigenvalue weighted by Crippen LogP contribution is -2.55. The fraction of sp³-hybridized carbons (Fsp3) is 1.00. The number of ether oxygens (including phenoxy) is 1. The van der Waals surface area contributed by atoms with Crippen LogP contribution in [0.5, 0.6) is 0 Å². The summed E-state index contributed by atoms with van der Waals surface area (Å²) in [5.41, 5.74) is 0.597. The molecule has 2 heteroatoms. The first kappa shape index (κ1) is 15.0. The summed E-state index contributed by atoms with van der Waals surface area (Å²) in [4.78, 5) is 0. The molecule has 17 heavy (non-hydrogen) atoms. The van der Waals surface area contributed by atoms with E-state index >= 15 is 0 Å². The molecular formula is C15H31NO. The molecule has 0 radical (unpaired) electrons. The lowest BCUT2D eigenvalue weighted by molar-refractivity contribution is -0.106. The van der Waals surface area contributed by atoms with Gasteiger partial charge in [-0.3, -0.25) is 0 Å². The van der Waals surface area contributed by atoms with Crippen LogP contribution in [-0.4, -0.2) is 24.8 Å². The third-order valence-corrected chi connectivity index (χ3v) is 4.38. The fourth-order valence-corrected chi connectivity index (χ4v) is 3.18. The average Bonchev–Trinajstić information content (AvgIpc) is 2.30. The van der Waals surface area contributed by atoms with Crippen LogP contribution in [0.3, 0.4) is 0 Å². The van der Waals surface area contributed by atoms with Crippen molar-refractivity contribution < 1.29 is 4.74 Å². The van der Waals surface area contributed by atoms with Crippen LogP contribution >= 0.6 is 0 Å². The normalized spacial score (nSPS) is 24.5. The Morgan fingerprint density at radius 3 is 2.06 bits per heavy atom. The molecular weight excluding hydrogens is 210 g/mol. The van der Waals surface area contributed by atoms with Crippen molar-refractivity contribution in [2.24, 2.45) is 5.41 Å². The smallest absolute Gasteiger partial charge is 0.0834 e. The molecule has 0 aromatic rings. The minimum Gasteiger partial charge on any atom is -0.374 e. The van der Waals surface area contributed by atoms with Gasteiger partial charge in [0.1, 0.15) is 0 Å². The van der Waals surface area contributed by atoms with E-state index in [-0.39, 0.29) is 5.60 Å². The summed E-state index contributed by atoms with van der Waals surface area (Å²) < 4.78 is 6.21. The van der Waals surface area contributed by atoms with Crippen molar-refractivity contribution in [2.75, 3.05) is 13.2 Å². The molecule has 0 heterocycles. The van der Waals surface area contributed by atoms with Gasteiger partial charge in [-0.05, 0) is 51.0 Å². The molecule has 1 unspecified atom stereocenters. The highest BCUT2D eigenvalue weighted by molar-refractivity contribution is 4.98. The van der Waals surface area contributed by atoms with Crippen molar-refractivity contribution in [1.82, 2.24) is 5.32 Å². The first-order valence-electron chi connectivity index (χ1n) is 7.37. The Morgan fingerprint density at radius 2 is 1.65 bits per heavy atom. The second-order valence-corrected chi connectivity index (χ2v) is 6.18. The van der Waals surface area contributed by atoms with Gasteiger partial charge in [-0.2, -0.15) is 0 Å². The molecule has 1 N–H and O–H groups in total. The number of hydrogen-bond acceptors (Lipinski definition) is 2. The van der Waals surface area contributed by atoms with E-state index in [2.05, 4.69) is 39.9 Å². The average molecular weight is 241 g/mol. The van der Waals surface area contributed by atoms with Gasteiger partial charge in [0.15, 0.2) is 0 Å². The Labute approximate surface area is 108 Å². The molecule has 1 fully saturated rings. The van der Waals surface area contributed by atoms with Crippen LogP contribution in [-0.2, 0) is 4.74 Å². The Kier molecular flexibility index (Phi) is 5.46. The first-order chi connectivity index (χ1) is 7.99. The van der Waals surface area contributed by atoms with Crippen molar-refractivity contribution in [3.8, 4) is 0 Å². The van der Waals surface area contributed by atoms with E-state index in [1.54, 1.807) is 0 Å². The molecule has 1 atom stereocenters. The second-order valence-electron chi connectivity index (χ2n) is 6.18. The number of likely N-dealkylation sites (N-methyl/N-ethyl adjacent to an activating group) is 1. The molecule has 0 saturated heterocycles. The van der Waals surface area contributed by atoms with E-state index in [0.717, 1.165) is 19.6 Å². The topological polar surface area (TPSA) is 21.3 Å². The molecule has 1 aliphatic rings. The molecule has 1 saturated carbocycles. The Bertz CT molecular complexity index is 215. The van der Waals surface area contributed by atoms with Crippen molar-refractivity contribution in [2.45, 2.75) is 78.4 Å². The Morgan fingerprint density at radius 1 is 1.06 bits per heavy atom. The monoisotopic (exact) mass is 241 g/mol. The SMILES string of the molecule is CCNC(CC)C1(OCC)CCC(C)(C)CC1. The lowest BCUT2D eigenvalue weighted by atomic mass is 9.68. The van der Waals surface area contributed by atoms with Gasteiger partial charge in [0.25, 0.3) is 0 Å². The summed E-state index contributed by atoms with van der Waals surface area (Å²) >= 11 is 0. The van der Waals surface area contributed by atoms with Crippen molar-refractivity contribution in [1.29, 1.82) is 0 Å². The van der Waals surface area contributed by atoms with Crippen LogP contribution in [0.1, 0.15) is 66.7 Å². The quantitative estimate of drug-likeness (QED) is 0.764. The van der Waals surface area contributed by atoms with Crippen LogP contribution in [0.15, 0.2) is 0 Å². The maximum atomic E-state index is 6.21. The molecule has 1 rings (SSSR count). The number of hydrogen-bond donors (Lipinski definition) is 1. The molecule has 0 aliphatic heterocycles. The summed E-state index contributed by atoms with van der Waals surface area (Å²) in [6, 6.07) is 0.517. The molecule has 102 valence electrons. The zero-order valence-corrected chi connectivity index (χ0v) is 12.4. The highest BCUT2D eigenvalue weighted by Crippen LogP contribution is 2.44. The van der Waals surface area contributed by atoms with Gasteiger partial charge in [-0.15, -0.1) is 0 Å². The summed E-state index contributed by atoms with van der Waals surface area (Å²) in [7, 11) is 0. The lowest BCUT2D eigenvalue weighted by Gasteiger charge is -2.47. The van der Waals surface area contributed by atoms with E-state index in [1.165, 1.54) is 25.7 Å². The van der Waals surface area contributed by atoms with Crippen LogP contribution in [0.2, 0.25) is 0 Å². The minimum atomic E-state index is 0.0923. The first-order valence-corrected chi connectivity index (χ1v) is 7.37. The minimum absolute atomic E-state index is 0.0923. The zero-order chi connectivity index (χ0) is 12.9. The molecule has 0 aromatic heterocycles. The van der Waals surface area contributed by atoms with Crippen molar-refractivity contribution >= 4 is 0 Å². The maximum Gasteiger partial charge on any atom is 0.0834 e. The molecule has 0 aromatic carbocycles. The second kappa shape index (κ2) is 6.19. The van der Waals surface area contributed by atoms with Gasteiger partial charge in [0, 0.05) is 12.6 Å². The van der Waals surface area contributed by atoms with Crippen LogP contribution in [0.4, 0.5) is 0 Å². The molecule has 0 bridgehead atoms. The highest BCUT2D eigenvalue weighted by atomic mass is 16.5. The molecule has 2 nitrogen and oxygen atoms in total. The number of nitrogens with one attached hydrogen (secondary N) is 1. The molecule has 0 spiro atoms. The molecule has 1 aliphatic carbocycles. The van der Waals surface area contributed by atoms with Gasteiger partial charge in [0.05, 0.1) is 5.60 Å². The van der Waals surface area contributed by atoms with E-state index in [4.69, 9.17) is 4.74 Å². The van der Waals surface area contributed by atoms with E-state index in [0.29, 0.717) is 11.5 Å². The van der Waals surface area contributed by atoms with Gasteiger partial charge >= 0.3 is 0 Å². The Balaban J connectivity index is 2.75. The Hall–Kier alpha value is -0.0800. The van der Waals surface area contributed by atoms with Crippen LogP contribution in [0, 0.1) is 5.41 Å². The van der Waals surface area contributed by atoms with Gasteiger partial charge in [-0.1, -0.05) is 27.7 Å². The summed E-state index contributed by atoms with van der Waals surface area (Å²) in [5, 5.41) is 3.63. The zero-order valence-electron chi connectivity index (χ0n) is 12.4. The van der Waals surface area contributed by atoms with Gasteiger partial charge in [-0.25, -0.2) is 0 Å². The van der Waals surface area contributed by atoms with Crippen LogP contribution < -0.4 is 5.32 Å². The highest BCUT2D eigenvalue weighted by Gasteiger charge is 2.43. The largest absolute Gasteiger partial charge is 0.374 e. The van der Waals surface area contributed by atoms with Gasteiger partial charge in [0.2, 0.25) is 0 Å². The van der Waals surface area contributed by atoms with Crippen molar-refractivity contribution in [3.63, 3.8) is 0 Å². The number of rotatable bonds is 6. The summed E-state index contributed by atoms with van der Waals surface area (Å²) in [6.45, 7) is 13.2.